The molecule has 3 rings (SSSR count). The van der Waals surface area contributed by atoms with Crippen molar-refractivity contribution in [2.75, 3.05) is 6.54 Å². The van der Waals surface area contributed by atoms with E-state index < -0.39 is 16.5 Å². The summed E-state index contributed by atoms with van der Waals surface area (Å²) in [6.45, 7) is 0.510. The molecule has 10 heteroatoms. The molecule has 1 amide bonds. The number of ether oxygens (including phenoxy) is 1. The van der Waals surface area contributed by atoms with E-state index >= 15 is 0 Å². The molecule has 0 radical (unpaired) electrons. The van der Waals surface area contributed by atoms with Gasteiger partial charge in [0.15, 0.2) is 0 Å². The van der Waals surface area contributed by atoms with E-state index in [-0.39, 0.29) is 41.9 Å². The number of hydrogen-bond donors (Lipinski definition) is 2. The monoisotopic (exact) mass is 412 g/mol. The maximum atomic E-state index is 11.8. The Kier molecular flexibility index (Phi) is 7.90. The van der Waals surface area contributed by atoms with Crippen LogP contribution in [0.2, 0.25) is 0 Å². The van der Waals surface area contributed by atoms with Gasteiger partial charge in [0.05, 0.1) is 0 Å². The molecule has 0 spiro atoms. The van der Waals surface area contributed by atoms with Crippen LogP contribution in [0.15, 0.2) is 54.7 Å². The van der Waals surface area contributed by atoms with Crippen molar-refractivity contribution in [1.29, 1.82) is 0 Å². The van der Waals surface area contributed by atoms with Crippen LogP contribution >= 0.6 is 0 Å². The SMILES string of the molecule is O=C(NCCc1c[nH]c2ccc(OS(=O)(=O)[O-])cc12)OCc1ccccc1.[Na+]. The number of carbonyl (C=O) groups excluding carboxylic acids is 1. The quantitative estimate of drug-likeness (QED) is 0.306. The van der Waals surface area contributed by atoms with Crippen LogP contribution in [0, 0.1) is 0 Å². The van der Waals surface area contributed by atoms with Gasteiger partial charge in [-0.05, 0) is 35.7 Å². The number of aromatic nitrogens is 1. The van der Waals surface area contributed by atoms with Gasteiger partial charge in [0, 0.05) is 23.6 Å². The van der Waals surface area contributed by atoms with Crippen LogP contribution in [0.3, 0.4) is 0 Å². The molecule has 0 bridgehead atoms. The second-order valence-electron chi connectivity index (χ2n) is 5.75. The molecule has 8 nitrogen and oxygen atoms in total. The molecule has 142 valence electrons. The Balaban J connectivity index is 0.00000280. The fourth-order valence-electron chi connectivity index (χ4n) is 2.61. The van der Waals surface area contributed by atoms with Crippen LogP contribution in [0.1, 0.15) is 11.1 Å². The zero-order valence-corrected chi connectivity index (χ0v) is 18.0. The molecule has 3 aromatic rings. The number of fused-ring (bicyclic) bond motifs is 1. The summed E-state index contributed by atoms with van der Waals surface area (Å²) in [6, 6.07) is 13.8. The molecule has 28 heavy (non-hydrogen) atoms. The van der Waals surface area contributed by atoms with Crippen LogP contribution in [0.25, 0.3) is 10.9 Å². The summed E-state index contributed by atoms with van der Waals surface area (Å²) in [5.74, 6) is -0.0615. The fourth-order valence-corrected chi connectivity index (χ4v) is 2.95. The number of aromatic amines is 1. The number of amides is 1. The van der Waals surface area contributed by atoms with Crippen LogP contribution in [-0.4, -0.2) is 30.6 Å². The number of H-pyrrole nitrogens is 1. The van der Waals surface area contributed by atoms with Gasteiger partial charge < -0.3 is 23.8 Å². The van der Waals surface area contributed by atoms with Crippen molar-refractivity contribution in [3.63, 3.8) is 0 Å². The van der Waals surface area contributed by atoms with Crippen LogP contribution < -0.4 is 39.1 Å². The number of carbonyl (C=O) groups is 1. The number of alkyl carbamates (subject to hydrolysis) is 1. The first-order valence-electron chi connectivity index (χ1n) is 8.10. The third-order valence-corrected chi connectivity index (χ3v) is 4.21. The van der Waals surface area contributed by atoms with E-state index in [0.29, 0.717) is 18.4 Å². The van der Waals surface area contributed by atoms with Crippen molar-refractivity contribution >= 4 is 27.4 Å². The van der Waals surface area contributed by atoms with E-state index in [2.05, 4.69) is 14.5 Å². The summed E-state index contributed by atoms with van der Waals surface area (Å²) >= 11 is 0. The van der Waals surface area contributed by atoms with Gasteiger partial charge in [-0.25, -0.2) is 13.2 Å². The maximum Gasteiger partial charge on any atom is 1.00 e. The van der Waals surface area contributed by atoms with Gasteiger partial charge in [-0.2, -0.15) is 0 Å². The molecule has 1 aromatic heterocycles. The van der Waals surface area contributed by atoms with E-state index in [9.17, 15) is 17.8 Å². The molecular formula is C18H17N2NaO6S. The Morgan fingerprint density at radius 1 is 1.14 bits per heavy atom. The van der Waals surface area contributed by atoms with E-state index in [4.69, 9.17) is 4.74 Å². The molecule has 1 heterocycles. The van der Waals surface area contributed by atoms with Crippen molar-refractivity contribution in [3.8, 4) is 5.75 Å². The largest absolute Gasteiger partial charge is 1.00 e. The third kappa shape index (κ3) is 6.54. The smallest absolute Gasteiger partial charge is 0.716 e. The zero-order chi connectivity index (χ0) is 19.3. The number of nitrogens with one attached hydrogen (secondary N) is 2. The van der Waals surface area contributed by atoms with E-state index in [0.717, 1.165) is 16.6 Å². The van der Waals surface area contributed by atoms with Gasteiger partial charge in [0.2, 0.25) is 0 Å². The summed E-state index contributed by atoms with van der Waals surface area (Å²) in [5.41, 5.74) is 2.49. The van der Waals surface area contributed by atoms with Crippen molar-refractivity contribution in [2.45, 2.75) is 13.0 Å². The topological polar surface area (TPSA) is 121 Å². The van der Waals surface area contributed by atoms with Gasteiger partial charge in [0.1, 0.15) is 12.4 Å². The summed E-state index contributed by atoms with van der Waals surface area (Å²) in [6.07, 6.45) is 1.70. The van der Waals surface area contributed by atoms with Gasteiger partial charge in [-0.1, -0.05) is 30.3 Å². The first kappa shape index (κ1) is 22.3. The van der Waals surface area contributed by atoms with Crippen molar-refractivity contribution in [3.05, 3.63) is 65.9 Å². The number of benzene rings is 2. The van der Waals surface area contributed by atoms with Crippen molar-refractivity contribution in [2.24, 2.45) is 0 Å². The Morgan fingerprint density at radius 2 is 1.89 bits per heavy atom. The van der Waals surface area contributed by atoms with E-state index in [1.54, 1.807) is 12.3 Å². The molecule has 0 unspecified atom stereocenters. The Bertz CT molecular complexity index is 1040. The van der Waals surface area contributed by atoms with Gasteiger partial charge in [0.25, 0.3) is 10.4 Å². The first-order chi connectivity index (χ1) is 12.9. The molecule has 0 fully saturated rings. The minimum atomic E-state index is -4.83. The third-order valence-electron chi connectivity index (χ3n) is 3.81. The summed E-state index contributed by atoms with van der Waals surface area (Å²) in [4.78, 5) is 14.8. The predicted octanol–water partition coefficient (Wildman–Crippen LogP) is -0.520. The van der Waals surface area contributed by atoms with Gasteiger partial charge in [-0.15, -0.1) is 0 Å². The zero-order valence-electron chi connectivity index (χ0n) is 15.2. The van der Waals surface area contributed by atoms with Crippen molar-refractivity contribution in [1.82, 2.24) is 10.3 Å². The summed E-state index contributed by atoms with van der Waals surface area (Å²) in [7, 11) is -4.83. The Morgan fingerprint density at radius 3 is 2.61 bits per heavy atom. The standard InChI is InChI=1S/C18H18N2O6S.Na/c21-18(25-12-13-4-2-1-3-5-13)19-9-8-14-11-20-17-7-6-15(10-16(14)17)26-27(22,23)24;/h1-7,10-11,20H,8-9,12H2,(H,19,21)(H,22,23,24);/q;+1/p-1. The molecular weight excluding hydrogens is 395 g/mol. The molecule has 0 aliphatic carbocycles. The number of hydrogen-bond acceptors (Lipinski definition) is 6. The molecule has 0 aliphatic rings. The van der Waals surface area contributed by atoms with Gasteiger partial charge >= 0.3 is 35.7 Å². The number of rotatable bonds is 7. The van der Waals surface area contributed by atoms with Crippen LogP contribution in [-0.2, 0) is 28.2 Å². The average Bonchev–Trinajstić information content (AvgIpc) is 3.02. The minimum Gasteiger partial charge on any atom is -0.716 e. The van der Waals surface area contributed by atoms with Crippen molar-refractivity contribution < 1.29 is 56.2 Å². The van der Waals surface area contributed by atoms with E-state index in [1.807, 2.05) is 30.3 Å². The Labute approximate surface area is 184 Å². The average molecular weight is 412 g/mol. The van der Waals surface area contributed by atoms with Crippen LogP contribution in [0.5, 0.6) is 5.75 Å². The fraction of sp³-hybridized carbons (Fsp3) is 0.167. The molecule has 0 saturated heterocycles. The second-order valence-corrected chi connectivity index (χ2v) is 6.73. The predicted molar refractivity (Wildman–Crippen MR) is 97.0 cm³/mol. The molecule has 2 N–H and O–H groups in total. The second kappa shape index (κ2) is 9.94. The van der Waals surface area contributed by atoms with Gasteiger partial charge in [-0.3, -0.25) is 0 Å². The summed E-state index contributed by atoms with van der Waals surface area (Å²) in [5, 5.41) is 3.36. The normalized spacial score (nSPS) is 10.9. The van der Waals surface area contributed by atoms with Crippen LogP contribution in [0.4, 0.5) is 4.79 Å². The molecule has 0 aliphatic heterocycles. The summed E-state index contributed by atoms with van der Waals surface area (Å²) < 4.78 is 41.7. The molecule has 0 atom stereocenters. The first-order valence-corrected chi connectivity index (χ1v) is 9.44. The van der Waals surface area contributed by atoms with E-state index in [1.165, 1.54) is 12.1 Å². The minimum absolute atomic E-state index is 0. The Hall–Kier alpha value is -2.04. The molecule has 0 saturated carbocycles. The maximum absolute atomic E-state index is 11.8. The molecule has 2 aromatic carbocycles.